The molecule has 0 bridgehead atoms. The van der Waals surface area contributed by atoms with Crippen LogP contribution < -0.4 is 5.32 Å². The average molecular weight is 220 g/mol. The summed E-state index contributed by atoms with van der Waals surface area (Å²) in [6.45, 7) is 0.322. The van der Waals surface area contributed by atoms with Gasteiger partial charge in [0.2, 0.25) is 6.23 Å². The molecule has 1 aliphatic heterocycles. The lowest BCUT2D eigenvalue weighted by molar-refractivity contribution is -0.130. The number of amides is 3. The summed E-state index contributed by atoms with van der Waals surface area (Å²) >= 11 is 0. The number of aliphatic hydroxyl groups excluding tert-OH is 1. The molecular weight excluding hydrogens is 208 g/mol. The highest BCUT2D eigenvalue weighted by molar-refractivity contribution is 6.03. The fourth-order valence-corrected chi connectivity index (χ4v) is 1.61. The summed E-state index contributed by atoms with van der Waals surface area (Å²) in [6, 6.07) is 9.05. The second-order valence-corrected chi connectivity index (χ2v) is 3.60. The number of nitrogens with one attached hydrogen (secondary N) is 1. The van der Waals surface area contributed by atoms with Crippen LogP contribution in [0.5, 0.6) is 0 Å². The number of carbonyl (C=O) groups excluding carboxylic acids is 2. The van der Waals surface area contributed by atoms with Gasteiger partial charge < -0.3 is 5.11 Å². The first-order chi connectivity index (χ1) is 7.68. The van der Waals surface area contributed by atoms with Crippen molar-refractivity contribution < 1.29 is 14.7 Å². The lowest BCUT2D eigenvalue weighted by atomic mass is 10.1. The molecule has 5 heteroatoms. The maximum atomic E-state index is 11.3. The quantitative estimate of drug-likeness (QED) is 0.710. The second-order valence-electron chi connectivity index (χ2n) is 3.60. The Kier molecular flexibility index (Phi) is 2.87. The highest BCUT2D eigenvalue weighted by Gasteiger charge is 2.36. The zero-order valence-corrected chi connectivity index (χ0v) is 8.59. The van der Waals surface area contributed by atoms with Crippen LogP contribution in [0.15, 0.2) is 30.3 Å². The molecule has 16 heavy (non-hydrogen) atoms. The zero-order valence-electron chi connectivity index (χ0n) is 8.59. The third-order valence-corrected chi connectivity index (χ3v) is 2.50. The number of benzene rings is 1. The molecular formula is C11H12N2O3. The molecule has 0 aromatic heterocycles. The van der Waals surface area contributed by atoms with Gasteiger partial charge >= 0.3 is 6.03 Å². The summed E-state index contributed by atoms with van der Waals surface area (Å²) in [5.41, 5.74) is 1.06. The molecule has 84 valence electrons. The van der Waals surface area contributed by atoms with Crippen molar-refractivity contribution in [1.82, 2.24) is 10.2 Å². The number of hydrogen-bond acceptors (Lipinski definition) is 3. The first kappa shape index (κ1) is 10.6. The molecule has 0 aliphatic carbocycles. The van der Waals surface area contributed by atoms with E-state index < -0.39 is 18.2 Å². The lowest BCUT2D eigenvalue weighted by Gasteiger charge is -2.16. The van der Waals surface area contributed by atoms with Crippen LogP contribution in [0.4, 0.5) is 4.79 Å². The van der Waals surface area contributed by atoms with Gasteiger partial charge in [0.1, 0.15) is 0 Å². The first-order valence-corrected chi connectivity index (χ1v) is 5.02. The summed E-state index contributed by atoms with van der Waals surface area (Å²) < 4.78 is 0. The van der Waals surface area contributed by atoms with Crippen molar-refractivity contribution in [1.29, 1.82) is 0 Å². The molecule has 1 aliphatic rings. The van der Waals surface area contributed by atoms with E-state index in [0.29, 0.717) is 13.0 Å². The van der Waals surface area contributed by atoms with Gasteiger partial charge in [-0.25, -0.2) is 4.79 Å². The molecule has 1 aromatic carbocycles. The molecule has 1 saturated heterocycles. The third kappa shape index (κ3) is 2.04. The molecule has 1 unspecified atom stereocenters. The number of carbonyl (C=O) groups is 2. The van der Waals surface area contributed by atoms with Crippen LogP contribution in [-0.4, -0.2) is 34.7 Å². The van der Waals surface area contributed by atoms with Crippen molar-refractivity contribution >= 4 is 11.9 Å². The second kappa shape index (κ2) is 4.32. The Morgan fingerprint density at radius 3 is 2.50 bits per heavy atom. The Balaban J connectivity index is 1.96. The van der Waals surface area contributed by atoms with Crippen LogP contribution in [0.25, 0.3) is 0 Å². The lowest BCUT2D eigenvalue weighted by Crippen LogP contribution is -2.36. The van der Waals surface area contributed by atoms with Crippen molar-refractivity contribution in [2.75, 3.05) is 6.54 Å². The molecule has 2 rings (SSSR count). The topological polar surface area (TPSA) is 69.6 Å². The zero-order chi connectivity index (χ0) is 11.5. The summed E-state index contributed by atoms with van der Waals surface area (Å²) in [5.74, 6) is -0.655. The van der Waals surface area contributed by atoms with Crippen LogP contribution in [0.2, 0.25) is 0 Å². The van der Waals surface area contributed by atoms with Crippen molar-refractivity contribution in [3.63, 3.8) is 0 Å². The first-order valence-electron chi connectivity index (χ1n) is 5.02. The highest BCUT2D eigenvalue weighted by Crippen LogP contribution is 2.08. The van der Waals surface area contributed by atoms with Crippen LogP contribution >= 0.6 is 0 Å². The molecule has 1 fully saturated rings. The van der Waals surface area contributed by atoms with Crippen LogP contribution in [0, 0.1) is 0 Å². The molecule has 0 radical (unpaired) electrons. The predicted octanol–water partition coefficient (Wildman–Crippen LogP) is 0.0993. The van der Waals surface area contributed by atoms with Gasteiger partial charge in [0.05, 0.1) is 0 Å². The van der Waals surface area contributed by atoms with Gasteiger partial charge in [0, 0.05) is 6.54 Å². The summed E-state index contributed by atoms with van der Waals surface area (Å²) in [4.78, 5) is 23.4. The Morgan fingerprint density at radius 1 is 1.25 bits per heavy atom. The predicted molar refractivity (Wildman–Crippen MR) is 56.4 cm³/mol. The normalized spacial score (nSPS) is 20.1. The van der Waals surface area contributed by atoms with E-state index in [1.165, 1.54) is 0 Å². The number of rotatable bonds is 3. The minimum absolute atomic E-state index is 0.322. The van der Waals surface area contributed by atoms with E-state index >= 15 is 0 Å². The average Bonchev–Trinajstić information content (AvgIpc) is 2.53. The van der Waals surface area contributed by atoms with Crippen molar-refractivity contribution in [3.8, 4) is 0 Å². The van der Waals surface area contributed by atoms with Crippen LogP contribution in [0.3, 0.4) is 0 Å². The Labute approximate surface area is 92.7 Å². The maximum absolute atomic E-state index is 11.3. The molecule has 5 nitrogen and oxygen atoms in total. The Morgan fingerprint density at radius 2 is 1.94 bits per heavy atom. The molecule has 0 saturated carbocycles. The van der Waals surface area contributed by atoms with E-state index in [9.17, 15) is 14.7 Å². The van der Waals surface area contributed by atoms with Gasteiger partial charge in [-0.1, -0.05) is 30.3 Å². The Hall–Kier alpha value is -1.88. The maximum Gasteiger partial charge on any atom is 0.326 e. The van der Waals surface area contributed by atoms with Gasteiger partial charge in [-0.05, 0) is 12.0 Å². The van der Waals surface area contributed by atoms with Gasteiger partial charge in [0.25, 0.3) is 5.91 Å². The third-order valence-electron chi connectivity index (χ3n) is 2.50. The monoisotopic (exact) mass is 220 g/mol. The van der Waals surface area contributed by atoms with E-state index in [1.807, 2.05) is 30.3 Å². The fraction of sp³-hybridized carbons (Fsp3) is 0.273. The number of aliphatic hydroxyl groups is 1. The highest BCUT2D eigenvalue weighted by atomic mass is 16.3. The minimum atomic E-state index is -1.35. The molecule has 1 atom stereocenters. The largest absolute Gasteiger partial charge is 0.365 e. The summed E-state index contributed by atoms with van der Waals surface area (Å²) in [7, 11) is 0. The standard InChI is InChI=1S/C11H12N2O3/c14-9-10(15)13(11(16)12-9)7-6-8-4-2-1-3-5-8/h1-5,10,15H,6-7H2,(H,12,14,16). The number of urea groups is 1. The minimum Gasteiger partial charge on any atom is -0.365 e. The van der Waals surface area contributed by atoms with Gasteiger partial charge in [-0.15, -0.1) is 0 Å². The number of nitrogens with zero attached hydrogens (tertiary/aromatic N) is 1. The van der Waals surface area contributed by atoms with E-state index in [4.69, 9.17) is 0 Å². The Bertz CT molecular complexity index is 405. The van der Waals surface area contributed by atoms with Crippen LogP contribution in [-0.2, 0) is 11.2 Å². The van der Waals surface area contributed by atoms with E-state index in [2.05, 4.69) is 5.32 Å². The summed E-state index contributed by atoms with van der Waals surface area (Å²) in [6.07, 6.45) is -0.741. The van der Waals surface area contributed by atoms with E-state index in [-0.39, 0.29) is 0 Å². The van der Waals surface area contributed by atoms with Gasteiger partial charge in [-0.3, -0.25) is 15.0 Å². The van der Waals surface area contributed by atoms with Crippen molar-refractivity contribution in [2.45, 2.75) is 12.6 Å². The molecule has 0 spiro atoms. The molecule has 1 aromatic rings. The fourth-order valence-electron chi connectivity index (χ4n) is 1.61. The SMILES string of the molecule is O=C1NC(=O)N(CCc2ccccc2)C1O. The van der Waals surface area contributed by atoms with Gasteiger partial charge in [0.15, 0.2) is 0 Å². The van der Waals surface area contributed by atoms with Crippen LogP contribution in [0.1, 0.15) is 5.56 Å². The number of imide groups is 1. The van der Waals surface area contributed by atoms with Crippen molar-refractivity contribution in [2.24, 2.45) is 0 Å². The molecule has 2 N–H and O–H groups in total. The van der Waals surface area contributed by atoms with Crippen molar-refractivity contribution in [3.05, 3.63) is 35.9 Å². The molecule has 3 amide bonds. The van der Waals surface area contributed by atoms with E-state index in [0.717, 1.165) is 10.5 Å². The summed E-state index contributed by atoms with van der Waals surface area (Å²) in [5, 5.41) is 11.4. The van der Waals surface area contributed by atoms with E-state index in [1.54, 1.807) is 0 Å². The number of hydrogen-bond donors (Lipinski definition) is 2. The molecule has 1 heterocycles. The smallest absolute Gasteiger partial charge is 0.326 e. The van der Waals surface area contributed by atoms with Gasteiger partial charge in [-0.2, -0.15) is 0 Å².